The lowest BCUT2D eigenvalue weighted by atomic mass is 9.82. The van der Waals surface area contributed by atoms with E-state index in [9.17, 15) is 0 Å². The molecule has 4 atom stereocenters. The Hall–Kier alpha value is -0.350. The maximum Gasteiger partial charge on any atom is 0.0696 e. The van der Waals surface area contributed by atoms with Gasteiger partial charge in [0.05, 0.1) is 22.4 Å². The van der Waals surface area contributed by atoms with Gasteiger partial charge in [0.1, 0.15) is 0 Å². The molecule has 2 aliphatic carbocycles. The minimum Gasteiger partial charge on any atom is -0.322 e. The van der Waals surface area contributed by atoms with Crippen molar-refractivity contribution in [2.75, 3.05) is 0 Å². The fourth-order valence-corrected chi connectivity index (χ4v) is 4.59. The molecule has 18 heavy (non-hydrogen) atoms. The summed E-state index contributed by atoms with van der Waals surface area (Å²) in [5.41, 5.74) is 7.79. The number of rotatable bonds is 4. The van der Waals surface area contributed by atoms with Crippen molar-refractivity contribution in [2.24, 2.45) is 23.5 Å². The van der Waals surface area contributed by atoms with Crippen molar-refractivity contribution in [3.8, 4) is 0 Å². The van der Waals surface area contributed by atoms with Crippen LogP contribution in [0.4, 0.5) is 0 Å². The molecule has 1 aromatic heterocycles. The predicted octanol–water partition coefficient (Wildman–Crippen LogP) is 3.49. The highest BCUT2D eigenvalue weighted by molar-refractivity contribution is 9.10. The summed E-state index contributed by atoms with van der Waals surface area (Å²) >= 11 is 3.62. The standard InChI is InChI=1S/C14H22BrN3/c1-2-5-18-14(12(15)8-17-18)13(16)11-7-9-3-4-10(11)6-9/h8-11,13H,2-7,16H2,1H3. The van der Waals surface area contributed by atoms with Gasteiger partial charge >= 0.3 is 0 Å². The lowest BCUT2D eigenvalue weighted by Gasteiger charge is -2.28. The van der Waals surface area contributed by atoms with E-state index in [1.54, 1.807) is 0 Å². The third-order valence-electron chi connectivity index (χ3n) is 4.84. The smallest absolute Gasteiger partial charge is 0.0696 e. The van der Waals surface area contributed by atoms with Crippen LogP contribution in [0.5, 0.6) is 0 Å². The molecule has 2 bridgehead atoms. The van der Waals surface area contributed by atoms with Crippen molar-refractivity contribution in [2.45, 2.75) is 51.6 Å². The SMILES string of the molecule is CCCn1ncc(Br)c1C(N)C1CC2CCC1C2. The maximum absolute atomic E-state index is 6.57. The molecule has 1 aromatic rings. The molecule has 3 nitrogen and oxygen atoms in total. The van der Waals surface area contributed by atoms with Gasteiger partial charge in [0, 0.05) is 6.54 Å². The minimum absolute atomic E-state index is 0.156. The number of nitrogens with two attached hydrogens (primary N) is 1. The minimum atomic E-state index is 0.156. The summed E-state index contributed by atoms with van der Waals surface area (Å²) in [5, 5.41) is 4.45. The van der Waals surface area contributed by atoms with E-state index in [1.165, 1.54) is 31.4 Å². The molecule has 4 heteroatoms. The quantitative estimate of drug-likeness (QED) is 0.925. The molecule has 1 heterocycles. The van der Waals surface area contributed by atoms with Crippen LogP contribution in [0, 0.1) is 17.8 Å². The van der Waals surface area contributed by atoms with Crippen molar-refractivity contribution in [1.29, 1.82) is 0 Å². The molecule has 0 spiro atoms. The van der Waals surface area contributed by atoms with Gasteiger partial charge in [0.25, 0.3) is 0 Å². The lowest BCUT2D eigenvalue weighted by molar-refractivity contribution is 0.274. The van der Waals surface area contributed by atoms with Crippen LogP contribution in [0.15, 0.2) is 10.7 Å². The van der Waals surface area contributed by atoms with Crippen molar-refractivity contribution < 1.29 is 0 Å². The van der Waals surface area contributed by atoms with E-state index < -0.39 is 0 Å². The second-order valence-corrected chi connectivity index (χ2v) is 6.82. The monoisotopic (exact) mass is 311 g/mol. The molecule has 0 amide bonds. The van der Waals surface area contributed by atoms with Gasteiger partial charge in [-0.1, -0.05) is 13.3 Å². The largest absolute Gasteiger partial charge is 0.322 e. The molecule has 2 saturated carbocycles. The molecular formula is C14H22BrN3. The van der Waals surface area contributed by atoms with Gasteiger partial charge in [-0.2, -0.15) is 5.10 Å². The van der Waals surface area contributed by atoms with E-state index in [1.807, 2.05) is 6.20 Å². The normalized spacial score (nSPS) is 32.1. The number of fused-ring (bicyclic) bond motifs is 2. The summed E-state index contributed by atoms with van der Waals surface area (Å²) in [6.45, 7) is 3.15. The number of halogens is 1. The number of hydrogen-bond donors (Lipinski definition) is 1. The zero-order valence-electron chi connectivity index (χ0n) is 11.0. The third-order valence-corrected chi connectivity index (χ3v) is 5.45. The average Bonchev–Trinajstić information content (AvgIpc) is 3.04. The number of aromatic nitrogens is 2. The average molecular weight is 312 g/mol. The van der Waals surface area contributed by atoms with Crippen LogP contribution in [-0.4, -0.2) is 9.78 Å². The summed E-state index contributed by atoms with van der Waals surface area (Å²) in [5.74, 6) is 2.49. The molecule has 2 fully saturated rings. The van der Waals surface area contributed by atoms with Gasteiger partial charge in [-0.3, -0.25) is 4.68 Å². The van der Waals surface area contributed by atoms with Crippen molar-refractivity contribution in [3.63, 3.8) is 0 Å². The van der Waals surface area contributed by atoms with Gasteiger partial charge in [0.2, 0.25) is 0 Å². The van der Waals surface area contributed by atoms with E-state index in [2.05, 4.69) is 32.6 Å². The Morgan fingerprint density at radius 1 is 1.50 bits per heavy atom. The second-order valence-electron chi connectivity index (χ2n) is 5.97. The summed E-state index contributed by atoms with van der Waals surface area (Å²) in [6.07, 6.45) is 8.57. The topological polar surface area (TPSA) is 43.8 Å². The van der Waals surface area contributed by atoms with Crippen LogP contribution in [-0.2, 0) is 6.54 Å². The molecular weight excluding hydrogens is 290 g/mol. The van der Waals surface area contributed by atoms with Crippen LogP contribution in [0.1, 0.15) is 50.8 Å². The fraction of sp³-hybridized carbons (Fsp3) is 0.786. The molecule has 0 saturated heterocycles. The first-order valence-corrected chi connectivity index (χ1v) is 7.96. The lowest BCUT2D eigenvalue weighted by Crippen LogP contribution is -2.28. The van der Waals surface area contributed by atoms with Crippen LogP contribution in [0.3, 0.4) is 0 Å². The van der Waals surface area contributed by atoms with Gasteiger partial charge in [-0.05, 0) is 59.4 Å². The van der Waals surface area contributed by atoms with Gasteiger partial charge in [0.15, 0.2) is 0 Å². The molecule has 0 aliphatic heterocycles. The van der Waals surface area contributed by atoms with E-state index in [0.29, 0.717) is 5.92 Å². The third kappa shape index (κ3) is 2.03. The Morgan fingerprint density at radius 3 is 2.94 bits per heavy atom. The van der Waals surface area contributed by atoms with E-state index in [0.717, 1.165) is 29.3 Å². The molecule has 100 valence electrons. The number of nitrogens with zero attached hydrogens (tertiary/aromatic N) is 2. The Kier molecular flexibility index (Phi) is 3.50. The highest BCUT2D eigenvalue weighted by Gasteiger charge is 2.43. The van der Waals surface area contributed by atoms with Gasteiger partial charge < -0.3 is 5.73 Å². The van der Waals surface area contributed by atoms with E-state index >= 15 is 0 Å². The highest BCUT2D eigenvalue weighted by atomic mass is 79.9. The Morgan fingerprint density at radius 2 is 2.33 bits per heavy atom. The Balaban J connectivity index is 1.83. The first-order valence-electron chi connectivity index (χ1n) is 7.17. The number of aryl methyl sites for hydroxylation is 1. The first kappa shape index (κ1) is 12.7. The molecule has 0 radical (unpaired) electrons. The fourth-order valence-electron chi connectivity index (χ4n) is 4.03. The molecule has 2 aliphatic rings. The Bertz CT molecular complexity index is 429. The van der Waals surface area contributed by atoms with Crippen molar-refractivity contribution >= 4 is 15.9 Å². The molecule has 2 N–H and O–H groups in total. The zero-order valence-corrected chi connectivity index (χ0v) is 12.6. The molecule has 3 rings (SSSR count). The van der Waals surface area contributed by atoms with Crippen LogP contribution in [0.2, 0.25) is 0 Å². The Labute approximate surface area is 117 Å². The van der Waals surface area contributed by atoms with E-state index in [-0.39, 0.29) is 6.04 Å². The van der Waals surface area contributed by atoms with Crippen molar-refractivity contribution in [3.05, 3.63) is 16.4 Å². The second kappa shape index (κ2) is 4.97. The summed E-state index contributed by atoms with van der Waals surface area (Å²) in [4.78, 5) is 0. The summed E-state index contributed by atoms with van der Waals surface area (Å²) in [6, 6.07) is 0.156. The van der Waals surface area contributed by atoms with Crippen LogP contribution >= 0.6 is 15.9 Å². The summed E-state index contributed by atoms with van der Waals surface area (Å²) in [7, 11) is 0. The maximum atomic E-state index is 6.57. The molecule has 4 unspecified atom stereocenters. The van der Waals surface area contributed by atoms with Crippen LogP contribution < -0.4 is 5.73 Å². The van der Waals surface area contributed by atoms with Gasteiger partial charge in [-0.25, -0.2) is 0 Å². The number of hydrogen-bond acceptors (Lipinski definition) is 2. The molecule has 0 aromatic carbocycles. The van der Waals surface area contributed by atoms with Crippen LogP contribution in [0.25, 0.3) is 0 Å². The van der Waals surface area contributed by atoms with Gasteiger partial charge in [-0.15, -0.1) is 0 Å². The predicted molar refractivity (Wildman–Crippen MR) is 76.1 cm³/mol. The van der Waals surface area contributed by atoms with E-state index in [4.69, 9.17) is 5.73 Å². The first-order chi connectivity index (χ1) is 8.70. The van der Waals surface area contributed by atoms with Crippen molar-refractivity contribution in [1.82, 2.24) is 9.78 Å². The highest BCUT2D eigenvalue weighted by Crippen LogP contribution is 2.52. The zero-order chi connectivity index (χ0) is 12.7. The summed E-state index contributed by atoms with van der Waals surface area (Å²) < 4.78 is 3.19.